The highest BCUT2D eigenvalue weighted by molar-refractivity contribution is 5.93. The van der Waals surface area contributed by atoms with Crippen LogP contribution in [0.25, 0.3) is 0 Å². The molecule has 2 unspecified atom stereocenters. The lowest BCUT2D eigenvalue weighted by Crippen LogP contribution is -2.58. The zero-order valence-electron chi connectivity index (χ0n) is 21.8. The summed E-state index contributed by atoms with van der Waals surface area (Å²) in [5.74, 6) is 0.0492. The molecule has 3 aromatic rings. The van der Waals surface area contributed by atoms with Crippen molar-refractivity contribution in [2.24, 2.45) is 0 Å². The van der Waals surface area contributed by atoms with Crippen LogP contribution in [-0.4, -0.2) is 40.1 Å². The number of nitrogens with one attached hydrogen (secondary N) is 1. The highest BCUT2D eigenvalue weighted by Crippen LogP contribution is 2.50. The van der Waals surface area contributed by atoms with Gasteiger partial charge in [-0.3, -0.25) is 9.59 Å². The minimum atomic E-state index is -1.06. The van der Waals surface area contributed by atoms with Gasteiger partial charge in [0.2, 0.25) is 11.8 Å². The molecule has 0 radical (unpaired) electrons. The molecule has 37 heavy (non-hydrogen) atoms. The predicted octanol–water partition coefficient (Wildman–Crippen LogP) is 4.62. The molecule has 1 heterocycles. The summed E-state index contributed by atoms with van der Waals surface area (Å²) in [4.78, 5) is 29.7. The number of amides is 2. The van der Waals surface area contributed by atoms with Gasteiger partial charge in [0.05, 0.1) is 11.5 Å². The maximum Gasteiger partial charge on any atom is 0.233 e. The Morgan fingerprint density at radius 2 is 1.65 bits per heavy atom. The molecule has 194 valence electrons. The monoisotopic (exact) mass is 500 g/mol. The van der Waals surface area contributed by atoms with Crippen LogP contribution in [0.4, 0.5) is 0 Å². The first-order valence-corrected chi connectivity index (χ1v) is 12.9. The lowest BCUT2D eigenvalue weighted by Gasteiger charge is -2.50. The van der Waals surface area contributed by atoms with Crippen molar-refractivity contribution in [3.63, 3.8) is 0 Å². The molecule has 0 bridgehead atoms. The van der Waals surface area contributed by atoms with Gasteiger partial charge in [0.25, 0.3) is 0 Å². The SMILES string of the molecule is Cc1ccccc1C1(C(=O)NCCCO)CCC(=O)N(Cc2ccccc2)C1c1cc(C)c(O)c(C)c1. The van der Waals surface area contributed by atoms with E-state index in [9.17, 15) is 19.8 Å². The van der Waals surface area contributed by atoms with Crippen molar-refractivity contribution in [1.29, 1.82) is 0 Å². The number of piperidine rings is 1. The molecule has 1 fully saturated rings. The Balaban J connectivity index is 1.98. The summed E-state index contributed by atoms with van der Waals surface area (Å²) in [6, 6.07) is 20.9. The Hall–Kier alpha value is -3.64. The number of aliphatic hydroxyl groups excluding tert-OH is 1. The Kier molecular flexibility index (Phi) is 7.98. The van der Waals surface area contributed by atoms with Gasteiger partial charge in [-0.15, -0.1) is 0 Å². The van der Waals surface area contributed by atoms with Crippen LogP contribution in [0.3, 0.4) is 0 Å². The summed E-state index contributed by atoms with van der Waals surface area (Å²) in [5, 5.41) is 23.0. The van der Waals surface area contributed by atoms with E-state index in [0.29, 0.717) is 37.1 Å². The maximum absolute atomic E-state index is 14.3. The van der Waals surface area contributed by atoms with Gasteiger partial charge in [0.15, 0.2) is 0 Å². The van der Waals surface area contributed by atoms with Crippen LogP contribution in [-0.2, 0) is 21.5 Å². The van der Waals surface area contributed by atoms with E-state index in [2.05, 4.69) is 5.32 Å². The van der Waals surface area contributed by atoms with E-state index in [4.69, 9.17) is 0 Å². The zero-order chi connectivity index (χ0) is 26.6. The molecule has 0 saturated carbocycles. The third-order valence-corrected chi connectivity index (χ3v) is 7.51. The number of nitrogens with zero attached hydrogens (tertiary/aromatic N) is 1. The molecule has 2 atom stereocenters. The third kappa shape index (κ3) is 5.12. The molecule has 4 rings (SSSR count). The number of aromatic hydroxyl groups is 1. The Morgan fingerprint density at radius 3 is 2.30 bits per heavy atom. The first-order chi connectivity index (χ1) is 17.8. The topological polar surface area (TPSA) is 89.9 Å². The first-order valence-electron chi connectivity index (χ1n) is 12.9. The molecule has 0 aliphatic carbocycles. The van der Waals surface area contributed by atoms with E-state index < -0.39 is 11.5 Å². The molecular formula is C31H36N2O4. The van der Waals surface area contributed by atoms with E-state index in [1.54, 1.807) is 0 Å². The van der Waals surface area contributed by atoms with E-state index in [0.717, 1.165) is 22.3 Å². The number of hydrogen-bond acceptors (Lipinski definition) is 4. The lowest BCUT2D eigenvalue weighted by atomic mass is 9.64. The second kappa shape index (κ2) is 11.2. The van der Waals surface area contributed by atoms with E-state index >= 15 is 0 Å². The van der Waals surface area contributed by atoms with E-state index in [-0.39, 0.29) is 30.6 Å². The number of phenols is 1. The van der Waals surface area contributed by atoms with Crippen LogP contribution in [0.5, 0.6) is 5.75 Å². The van der Waals surface area contributed by atoms with Crippen molar-refractivity contribution in [1.82, 2.24) is 10.2 Å². The van der Waals surface area contributed by atoms with Gasteiger partial charge >= 0.3 is 0 Å². The molecule has 2 amide bonds. The van der Waals surface area contributed by atoms with Gasteiger partial charge in [-0.2, -0.15) is 0 Å². The van der Waals surface area contributed by atoms with Crippen molar-refractivity contribution in [3.8, 4) is 5.75 Å². The van der Waals surface area contributed by atoms with Gasteiger partial charge in [0, 0.05) is 26.1 Å². The van der Waals surface area contributed by atoms with Crippen molar-refractivity contribution in [2.45, 2.75) is 58.0 Å². The molecule has 1 saturated heterocycles. The number of benzene rings is 3. The zero-order valence-corrected chi connectivity index (χ0v) is 21.8. The van der Waals surface area contributed by atoms with Gasteiger partial charge in [0.1, 0.15) is 5.75 Å². The predicted molar refractivity (Wildman–Crippen MR) is 144 cm³/mol. The molecule has 1 aliphatic heterocycles. The summed E-state index contributed by atoms with van der Waals surface area (Å²) in [5.41, 5.74) is 4.01. The molecule has 6 heteroatoms. The van der Waals surface area contributed by atoms with Crippen molar-refractivity contribution in [3.05, 3.63) is 100 Å². The van der Waals surface area contributed by atoms with Gasteiger partial charge in [-0.1, -0.05) is 66.7 Å². The Labute approximate surface area is 219 Å². The molecule has 0 spiro atoms. The largest absolute Gasteiger partial charge is 0.507 e. The summed E-state index contributed by atoms with van der Waals surface area (Å²) < 4.78 is 0. The van der Waals surface area contributed by atoms with Gasteiger partial charge in [-0.05, 0) is 67.0 Å². The quantitative estimate of drug-likeness (QED) is 0.394. The third-order valence-electron chi connectivity index (χ3n) is 7.51. The fourth-order valence-electron chi connectivity index (χ4n) is 5.72. The first kappa shape index (κ1) is 26.4. The highest BCUT2D eigenvalue weighted by Gasteiger charge is 2.54. The highest BCUT2D eigenvalue weighted by atomic mass is 16.3. The fraction of sp³-hybridized carbons (Fsp3) is 0.355. The van der Waals surface area contributed by atoms with Crippen LogP contribution in [0.2, 0.25) is 0 Å². The van der Waals surface area contributed by atoms with Crippen molar-refractivity contribution >= 4 is 11.8 Å². The molecule has 3 N–H and O–H groups in total. The fourth-order valence-corrected chi connectivity index (χ4v) is 5.72. The number of likely N-dealkylation sites (tertiary alicyclic amines) is 1. The number of hydrogen-bond donors (Lipinski definition) is 3. The van der Waals surface area contributed by atoms with Crippen molar-refractivity contribution in [2.75, 3.05) is 13.2 Å². The average molecular weight is 501 g/mol. The number of aryl methyl sites for hydroxylation is 3. The number of phenolic OH excluding ortho intramolecular Hbond substituents is 1. The van der Waals surface area contributed by atoms with Crippen LogP contribution in [0.1, 0.15) is 58.7 Å². The van der Waals surface area contributed by atoms with Gasteiger partial charge in [-0.25, -0.2) is 0 Å². The van der Waals surface area contributed by atoms with Crippen LogP contribution in [0.15, 0.2) is 66.7 Å². The minimum absolute atomic E-state index is 0.00963. The Bertz CT molecular complexity index is 1250. The molecular weight excluding hydrogens is 464 g/mol. The number of carbonyl (C=O) groups is 2. The standard InChI is InChI=1S/C31H36N2O4/c1-21-10-7-8-13-26(21)31(30(37)32-16-9-17-34)15-14-27(35)33(20-24-11-5-4-6-12-24)29(31)25-18-22(2)28(36)23(3)19-25/h4-8,10-13,18-19,29,34,36H,9,14-17,20H2,1-3H3,(H,32,37). The number of aliphatic hydroxyl groups is 1. The number of carbonyl (C=O) groups excluding carboxylic acids is 2. The smallest absolute Gasteiger partial charge is 0.233 e. The summed E-state index contributed by atoms with van der Waals surface area (Å²) in [7, 11) is 0. The maximum atomic E-state index is 14.3. The summed E-state index contributed by atoms with van der Waals surface area (Å²) in [6.07, 6.45) is 1.04. The lowest BCUT2D eigenvalue weighted by molar-refractivity contribution is -0.147. The van der Waals surface area contributed by atoms with Crippen molar-refractivity contribution < 1.29 is 19.8 Å². The van der Waals surface area contributed by atoms with Crippen LogP contribution < -0.4 is 5.32 Å². The normalized spacial score (nSPS) is 19.6. The number of rotatable bonds is 8. The molecule has 6 nitrogen and oxygen atoms in total. The minimum Gasteiger partial charge on any atom is -0.507 e. The average Bonchev–Trinajstić information content (AvgIpc) is 2.89. The molecule has 1 aliphatic rings. The molecule has 3 aromatic carbocycles. The van der Waals surface area contributed by atoms with Gasteiger partial charge < -0.3 is 20.4 Å². The van der Waals surface area contributed by atoms with Crippen LogP contribution in [0, 0.1) is 20.8 Å². The van der Waals surface area contributed by atoms with Crippen LogP contribution >= 0.6 is 0 Å². The summed E-state index contributed by atoms with van der Waals surface area (Å²) in [6.45, 7) is 6.37. The second-order valence-electron chi connectivity index (χ2n) is 10.0. The summed E-state index contributed by atoms with van der Waals surface area (Å²) >= 11 is 0. The Morgan fingerprint density at radius 1 is 1.00 bits per heavy atom. The second-order valence-corrected chi connectivity index (χ2v) is 10.0. The van der Waals surface area contributed by atoms with E-state index in [1.807, 2.05) is 92.4 Å². The van der Waals surface area contributed by atoms with E-state index in [1.165, 1.54) is 0 Å². The molecule has 0 aromatic heterocycles.